The third-order valence-electron chi connectivity index (χ3n) is 7.95. The van der Waals surface area contributed by atoms with E-state index in [1.807, 2.05) is 48.5 Å². The molecule has 2 saturated heterocycles. The Balaban J connectivity index is 1.69. The van der Waals surface area contributed by atoms with Crippen LogP contribution in [-0.2, 0) is 42.9 Å². The maximum absolute atomic E-state index is 12.3. The average molecular weight is 670 g/mol. The van der Waals surface area contributed by atoms with Gasteiger partial charge in [0.15, 0.2) is 29.7 Å². The van der Waals surface area contributed by atoms with Gasteiger partial charge in [0.2, 0.25) is 0 Å². The molecular weight excluding hydrogens is 626 g/mol. The standard InChI is InChI=1S/C34H43N3O9S/c1-21(38)42-20-27-30(43-22(2)39)31(44-23(3)40)32(45-24(4)41)33(46-27)36-34(47)35-28(25-14-8-5-9-15-25)29(26-16-10-6-11-17-26)37-18-12-7-13-19-37/h5-6,8-11,14-17,27-33H,7,12-13,18-20H2,1-4H3,(H2,35,36,47)/t27-,28+,29+,30-,31+,32-,33-/m1/s1. The van der Waals surface area contributed by atoms with Crippen molar-refractivity contribution in [1.29, 1.82) is 0 Å². The second-order valence-electron chi connectivity index (χ2n) is 11.6. The van der Waals surface area contributed by atoms with E-state index >= 15 is 0 Å². The molecular formula is C34H43N3O9S. The van der Waals surface area contributed by atoms with E-state index in [9.17, 15) is 19.2 Å². The van der Waals surface area contributed by atoms with Crippen LogP contribution in [0.3, 0.4) is 0 Å². The predicted molar refractivity (Wildman–Crippen MR) is 175 cm³/mol. The lowest BCUT2D eigenvalue weighted by Crippen LogP contribution is -2.67. The van der Waals surface area contributed by atoms with Crippen LogP contribution in [0, 0.1) is 0 Å². The summed E-state index contributed by atoms with van der Waals surface area (Å²) in [4.78, 5) is 50.8. The number of thiocarbonyl (C=S) groups is 1. The molecule has 0 aromatic heterocycles. The van der Waals surface area contributed by atoms with Gasteiger partial charge in [-0.05, 0) is 49.3 Å². The van der Waals surface area contributed by atoms with Gasteiger partial charge in [0, 0.05) is 27.7 Å². The Morgan fingerprint density at radius 1 is 0.766 bits per heavy atom. The molecule has 2 fully saturated rings. The normalized spacial score (nSPS) is 24.1. The highest BCUT2D eigenvalue weighted by Gasteiger charge is 2.52. The van der Waals surface area contributed by atoms with E-state index in [0.29, 0.717) is 0 Å². The fourth-order valence-corrected chi connectivity index (χ4v) is 6.37. The summed E-state index contributed by atoms with van der Waals surface area (Å²) in [5, 5.41) is 6.77. The van der Waals surface area contributed by atoms with Crippen LogP contribution >= 0.6 is 12.2 Å². The average Bonchev–Trinajstić information content (AvgIpc) is 3.03. The fourth-order valence-electron chi connectivity index (χ4n) is 6.12. The first-order chi connectivity index (χ1) is 22.5. The monoisotopic (exact) mass is 669 g/mol. The van der Waals surface area contributed by atoms with Gasteiger partial charge in [-0.15, -0.1) is 0 Å². The summed E-state index contributed by atoms with van der Waals surface area (Å²) >= 11 is 5.88. The van der Waals surface area contributed by atoms with Crippen LogP contribution in [0.2, 0.25) is 0 Å². The molecule has 47 heavy (non-hydrogen) atoms. The molecule has 0 amide bonds. The first-order valence-electron chi connectivity index (χ1n) is 15.7. The SMILES string of the molecule is CC(=O)OC[C@H]1O[C@@H](NC(=S)N[C@@H](c2ccccc2)[C@H](c2ccccc2)N2CCCCC2)[C@H](OC(C)=O)[C@@H](OC(C)=O)[C@@H]1OC(C)=O. The van der Waals surface area contributed by atoms with Crippen molar-refractivity contribution in [3.8, 4) is 0 Å². The van der Waals surface area contributed by atoms with Gasteiger partial charge in [0.1, 0.15) is 12.7 Å². The zero-order valence-electron chi connectivity index (χ0n) is 27.1. The highest BCUT2D eigenvalue weighted by molar-refractivity contribution is 7.80. The van der Waals surface area contributed by atoms with E-state index in [1.54, 1.807) is 0 Å². The zero-order chi connectivity index (χ0) is 33.9. The van der Waals surface area contributed by atoms with Gasteiger partial charge < -0.3 is 34.3 Å². The van der Waals surface area contributed by atoms with Gasteiger partial charge in [-0.3, -0.25) is 24.1 Å². The van der Waals surface area contributed by atoms with E-state index in [4.69, 9.17) is 35.9 Å². The van der Waals surface area contributed by atoms with Gasteiger partial charge in [0.05, 0.1) is 12.1 Å². The Bertz CT molecular complexity index is 1370. The first kappa shape index (κ1) is 35.8. The third kappa shape index (κ3) is 10.2. The van der Waals surface area contributed by atoms with E-state index in [1.165, 1.54) is 34.1 Å². The molecule has 13 heteroatoms. The molecule has 2 aromatic carbocycles. The lowest BCUT2D eigenvalue weighted by atomic mass is 9.90. The molecule has 2 aliphatic rings. The van der Waals surface area contributed by atoms with E-state index in [0.717, 1.165) is 37.1 Å². The number of likely N-dealkylation sites (tertiary alicyclic amines) is 1. The van der Waals surface area contributed by atoms with Crippen LogP contribution < -0.4 is 10.6 Å². The van der Waals surface area contributed by atoms with E-state index < -0.39 is 54.5 Å². The maximum Gasteiger partial charge on any atom is 0.303 e. The number of hydrogen-bond donors (Lipinski definition) is 2. The largest absolute Gasteiger partial charge is 0.463 e. The molecule has 2 aromatic rings. The van der Waals surface area contributed by atoms with Gasteiger partial charge >= 0.3 is 23.9 Å². The number of esters is 4. The molecule has 7 atom stereocenters. The maximum atomic E-state index is 12.3. The molecule has 12 nitrogen and oxygen atoms in total. The van der Waals surface area contributed by atoms with Crippen molar-refractivity contribution in [1.82, 2.24) is 15.5 Å². The number of piperidine rings is 1. The number of nitrogens with zero attached hydrogens (tertiary/aromatic N) is 1. The molecule has 2 N–H and O–H groups in total. The zero-order valence-corrected chi connectivity index (χ0v) is 27.9. The van der Waals surface area contributed by atoms with Gasteiger partial charge in [-0.1, -0.05) is 67.1 Å². The minimum absolute atomic E-state index is 0.0888. The highest BCUT2D eigenvalue weighted by Crippen LogP contribution is 2.36. The first-order valence-corrected chi connectivity index (χ1v) is 16.2. The summed E-state index contributed by atoms with van der Waals surface area (Å²) < 4.78 is 28.1. The summed E-state index contributed by atoms with van der Waals surface area (Å²) in [6.45, 7) is 6.27. The van der Waals surface area contributed by atoms with Crippen LogP contribution in [0.5, 0.6) is 0 Å². The number of benzene rings is 2. The lowest BCUT2D eigenvalue weighted by molar-refractivity contribution is -0.255. The Morgan fingerprint density at radius 3 is 1.85 bits per heavy atom. The molecule has 4 rings (SSSR count). The van der Waals surface area contributed by atoms with Crippen LogP contribution in [0.25, 0.3) is 0 Å². The Morgan fingerprint density at radius 2 is 1.30 bits per heavy atom. The van der Waals surface area contributed by atoms with Crippen LogP contribution in [-0.4, -0.2) is 84.2 Å². The molecule has 254 valence electrons. The minimum Gasteiger partial charge on any atom is -0.463 e. The second-order valence-corrected chi connectivity index (χ2v) is 12.0. The van der Waals surface area contributed by atoms with Crippen molar-refractivity contribution in [2.75, 3.05) is 19.7 Å². The van der Waals surface area contributed by atoms with Crippen LogP contribution in [0.4, 0.5) is 0 Å². The summed E-state index contributed by atoms with van der Waals surface area (Å²) in [5.74, 6) is -2.71. The molecule has 2 heterocycles. The van der Waals surface area contributed by atoms with E-state index in [-0.39, 0.29) is 23.8 Å². The van der Waals surface area contributed by atoms with Crippen molar-refractivity contribution in [2.24, 2.45) is 0 Å². The van der Waals surface area contributed by atoms with Crippen molar-refractivity contribution in [2.45, 2.75) is 89.7 Å². The molecule has 0 saturated carbocycles. The van der Waals surface area contributed by atoms with Gasteiger partial charge in [-0.2, -0.15) is 0 Å². The molecule has 0 spiro atoms. The Labute approximate surface area is 280 Å². The number of nitrogens with one attached hydrogen (secondary N) is 2. The van der Waals surface area contributed by atoms with Crippen LogP contribution in [0.15, 0.2) is 60.7 Å². The number of rotatable bonds is 11. The van der Waals surface area contributed by atoms with Crippen LogP contribution in [0.1, 0.15) is 70.2 Å². The molecule has 0 radical (unpaired) electrons. The smallest absolute Gasteiger partial charge is 0.303 e. The molecule has 2 aliphatic heterocycles. The number of carbonyl (C=O) groups excluding carboxylic acids is 4. The van der Waals surface area contributed by atoms with Gasteiger partial charge in [0.25, 0.3) is 0 Å². The summed E-state index contributed by atoms with van der Waals surface area (Å²) in [5.41, 5.74) is 2.11. The topological polar surface area (TPSA) is 142 Å². The summed E-state index contributed by atoms with van der Waals surface area (Å²) in [6.07, 6.45) is -2.84. The fraction of sp³-hybridized carbons (Fsp3) is 0.500. The van der Waals surface area contributed by atoms with Gasteiger partial charge in [-0.25, -0.2) is 0 Å². The molecule has 0 bridgehead atoms. The minimum atomic E-state index is -1.31. The number of hydrogen-bond acceptors (Lipinski definition) is 11. The third-order valence-corrected chi connectivity index (χ3v) is 8.19. The number of ether oxygens (including phenoxy) is 5. The molecule has 0 aliphatic carbocycles. The Hall–Kier alpha value is -4.07. The van der Waals surface area contributed by atoms with Crippen molar-refractivity contribution in [3.63, 3.8) is 0 Å². The van der Waals surface area contributed by atoms with Crippen molar-refractivity contribution in [3.05, 3.63) is 71.8 Å². The quantitative estimate of drug-likeness (QED) is 0.205. The van der Waals surface area contributed by atoms with Crippen molar-refractivity contribution < 1.29 is 42.9 Å². The summed E-state index contributed by atoms with van der Waals surface area (Å²) in [7, 11) is 0. The summed E-state index contributed by atoms with van der Waals surface area (Å²) in [6, 6.07) is 19.8. The number of carbonyl (C=O) groups is 4. The lowest BCUT2D eigenvalue weighted by Gasteiger charge is -2.45. The second kappa shape index (κ2) is 17.2. The molecule has 0 unspecified atom stereocenters. The highest BCUT2D eigenvalue weighted by atomic mass is 32.1. The Kier molecular flexibility index (Phi) is 13.1. The van der Waals surface area contributed by atoms with E-state index in [2.05, 4.69) is 27.7 Å². The van der Waals surface area contributed by atoms with Crippen molar-refractivity contribution >= 4 is 41.2 Å². The predicted octanol–water partition coefficient (Wildman–Crippen LogP) is 3.50.